The second-order valence-corrected chi connectivity index (χ2v) is 9.87. The molecule has 2 heterocycles. The molecule has 1 aliphatic rings. The van der Waals surface area contributed by atoms with E-state index in [-0.39, 0.29) is 21.1 Å². The van der Waals surface area contributed by atoms with Crippen LogP contribution in [0.3, 0.4) is 0 Å². The fourth-order valence-electron chi connectivity index (χ4n) is 3.13. The van der Waals surface area contributed by atoms with E-state index in [2.05, 4.69) is 9.71 Å². The monoisotopic (exact) mass is 450 g/mol. The number of amides is 1. The van der Waals surface area contributed by atoms with Crippen molar-refractivity contribution in [2.45, 2.75) is 37.5 Å². The van der Waals surface area contributed by atoms with Gasteiger partial charge in [-0.1, -0.05) is 12.5 Å². The number of sulfonamides is 1. The molecule has 160 valence electrons. The van der Waals surface area contributed by atoms with Crippen LogP contribution in [0.2, 0.25) is 0 Å². The van der Waals surface area contributed by atoms with Gasteiger partial charge in [0.25, 0.3) is 21.6 Å². The van der Waals surface area contributed by atoms with Crippen LogP contribution in [-0.2, 0) is 10.0 Å². The Morgan fingerprint density at radius 3 is 2.73 bits per heavy atom. The first-order valence-electron chi connectivity index (χ1n) is 9.38. The Hall–Kier alpha value is -2.79. The first-order chi connectivity index (χ1) is 14.2. The molecule has 0 radical (unpaired) electrons. The maximum atomic E-state index is 12.8. The van der Waals surface area contributed by atoms with Gasteiger partial charge in [0.1, 0.15) is 5.84 Å². The van der Waals surface area contributed by atoms with Crippen molar-refractivity contribution in [2.75, 3.05) is 18.9 Å². The standard InChI is InChI=1S/C19H22N4O5S2/c1-13-16(23(25)26)12-17(29-13)19(24)20-14-7-6-8-15(11-14)30(27,28)21-18-9-4-3-5-10-22(18)2/h6-8,11-12H,3-5,9-10H2,1-2H3,(H,20,24). The zero-order chi connectivity index (χ0) is 21.9. The highest BCUT2D eigenvalue weighted by atomic mass is 32.2. The Bertz CT molecular complexity index is 1110. The maximum Gasteiger partial charge on any atom is 0.284 e. The van der Waals surface area contributed by atoms with Crippen LogP contribution in [0.5, 0.6) is 0 Å². The van der Waals surface area contributed by atoms with Crippen molar-refractivity contribution < 1.29 is 18.1 Å². The average molecular weight is 451 g/mol. The summed E-state index contributed by atoms with van der Waals surface area (Å²) in [4.78, 5) is 25.3. The number of likely N-dealkylation sites (tertiary alicyclic amines) is 1. The van der Waals surface area contributed by atoms with Crippen molar-refractivity contribution >= 4 is 44.5 Å². The summed E-state index contributed by atoms with van der Waals surface area (Å²) >= 11 is 1.01. The Labute approximate surface area is 178 Å². The third kappa shape index (κ3) is 5.03. The van der Waals surface area contributed by atoms with E-state index in [4.69, 9.17) is 0 Å². The first-order valence-corrected chi connectivity index (χ1v) is 11.6. The van der Waals surface area contributed by atoms with Gasteiger partial charge >= 0.3 is 0 Å². The number of anilines is 1. The molecule has 11 heteroatoms. The van der Waals surface area contributed by atoms with Crippen LogP contribution < -0.4 is 5.32 Å². The molecule has 30 heavy (non-hydrogen) atoms. The van der Waals surface area contributed by atoms with Gasteiger partial charge in [0.2, 0.25) is 0 Å². The number of nitrogens with one attached hydrogen (secondary N) is 1. The number of carbonyl (C=O) groups excluding carboxylic acids is 1. The third-order valence-electron chi connectivity index (χ3n) is 4.76. The summed E-state index contributed by atoms with van der Waals surface area (Å²) in [6.07, 6.45) is 3.52. The van der Waals surface area contributed by atoms with E-state index >= 15 is 0 Å². The van der Waals surface area contributed by atoms with E-state index in [9.17, 15) is 23.3 Å². The summed E-state index contributed by atoms with van der Waals surface area (Å²) < 4.78 is 29.6. The maximum absolute atomic E-state index is 12.8. The summed E-state index contributed by atoms with van der Waals surface area (Å²) in [5, 5.41) is 13.6. The molecule has 1 saturated heterocycles. The van der Waals surface area contributed by atoms with Crippen LogP contribution in [-0.4, -0.2) is 43.6 Å². The van der Waals surface area contributed by atoms with E-state index in [1.54, 1.807) is 13.0 Å². The Kier molecular flexibility index (Phi) is 6.52. The molecule has 0 atom stereocenters. The molecule has 1 aromatic heterocycles. The summed E-state index contributed by atoms with van der Waals surface area (Å²) in [6.45, 7) is 2.33. The van der Waals surface area contributed by atoms with E-state index in [0.717, 1.165) is 37.1 Å². The predicted molar refractivity (Wildman–Crippen MR) is 116 cm³/mol. The van der Waals surface area contributed by atoms with Gasteiger partial charge in [0, 0.05) is 31.8 Å². The number of hydrogen-bond donors (Lipinski definition) is 1. The third-order valence-corrected chi connectivity index (χ3v) is 7.10. The highest BCUT2D eigenvalue weighted by molar-refractivity contribution is 7.90. The smallest absolute Gasteiger partial charge is 0.284 e. The molecule has 0 aliphatic carbocycles. The van der Waals surface area contributed by atoms with Gasteiger partial charge in [-0.3, -0.25) is 14.9 Å². The zero-order valence-corrected chi connectivity index (χ0v) is 18.3. The number of benzene rings is 1. The van der Waals surface area contributed by atoms with Crippen molar-refractivity contribution in [3.8, 4) is 0 Å². The number of hydrogen-bond acceptors (Lipinski definition) is 6. The van der Waals surface area contributed by atoms with Crippen molar-refractivity contribution in [3.63, 3.8) is 0 Å². The average Bonchev–Trinajstić information content (AvgIpc) is 2.98. The lowest BCUT2D eigenvalue weighted by molar-refractivity contribution is -0.385. The Morgan fingerprint density at radius 2 is 2.03 bits per heavy atom. The fraction of sp³-hybridized carbons (Fsp3) is 0.368. The van der Waals surface area contributed by atoms with E-state index in [1.165, 1.54) is 24.3 Å². The molecule has 1 aliphatic heterocycles. The molecule has 2 aromatic rings. The SMILES string of the molecule is Cc1sc(C(=O)Nc2cccc(S(=O)(=O)N=C3CCCCCN3C)c2)cc1[N+](=O)[O-]. The fourth-order valence-corrected chi connectivity index (χ4v) is 5.15. The topological polar surface area (TPSA) is 122 Å². The number of thiophene rings is 1. The van der Waals surface area contributed by atoms with E-state index < -0.39 is 20.9 Å². The molecule has 0 unspecified atom stereocenters. The zero-order valence-electron chi connectivity index (χ0n) is 16.6. The molecule has 9 nitrogen and oxygen atoms in total. The molecule has 1 aromatic carbocycles. The van der Waals surface area contributed by atoms with Gasteiger partial charge in [0.05, 0.1) is 19.6 Å². The molecule has 3 rings (SSSR count). The van der Waals surface area contributed by atoms with Crippen molar-refractivity contribution in [2.24, 2.45) is 4.40 Å². The summed E-state index contributed by atoms with van der Waals surface area (Å²) in [5.74, 6) is -0.0103. The number of amidine groups is 1. The normalized spacial score (nSPS) is 16.3. The van der Waals surface area contributed by atoms with Crippen LogP contribution in [0.4, 0.5) is 11.4 Å². The Balaban J connectivity index is 1.82. The molecule has 0 bridgehead atoms. The van der Waals surface area contributed by atoms with Gasteiger partial charge in [-0.25, -0.2) is 0 Å². The number of nitrogens with zero attached hydrogens (tertiary/aromatic N) is 3. The van der Waals surface area contributed by atoms with Crippen molar-refractivity contribution in [3.05, 3.63) is 50.2 Å². The minimum atomic E-state index is -3.94. The summed E-state index contributed by atoms with van der Waals surface area (Å²) in [7, 11) is -2.11. The molecular formula is C19H22N4O5S2. The van der Waals surface area contributed by atoms with Crippen LogP contribution in [0.25, 0.3) is 0 Å². The van der Waals surface area contributed by atoms with Crippen LogP contribution >= 0.6 is 11.3 Å². The number of carbonyl (C=O) groups is 1. The Morgan fingerprint density at radius 1 is 1.27 bits per heavy atom. The largest absolute Gasteiger partial charge is 0.362 e. The van der Waals surface area contributed by atoms with Crippen LogP contribution in [0.1, 0.15) is 40.2 Å². The van der Waals surface area contributed by atoms with E-state index in [0.29, 0.717) is 17.1 Å². The van der Waals surface area contributed by atoms with Gasteiger partial charge in [-0.2, -0.15) is 8.42 Å². The molecule has 1 amide bonds. The van der Waals surface area contributed by atoms with Gasteiger partial charge in [0.15, 0.2) is 0 Å². The number of nitro groups is 1. The van der Waals surface area contributed by atoms with E-state index in [1.807, 2.05) is 11.9 Å². The molecule has 1 N–H and O–H groups in total. The number of aryl methyl sites for hydroxylation is 1. The summed E-state index contributed by atoms with van der Waals surface area (Å²) in [5.41, 5.74) is 0.147. The van der Waals surface area contributed by atoms with Crippen molar-refractivity contribution in [1.82, 2.24) is 4.90 Å². The van der Waals surface area contributed by atoms with Crippen LogP contribution in [0, 0.1) is 17.0 Å². The van der Waals surface area contributed by atoms with Gasteiger partial charge in [-0.15, -0.1) is 15.7 Å². The minimum absolute atomic E-state index is 0.0289. The second-order valence-electron chi connectivity index (χ2n) is 7.01. The quantitative estimate of drug-likeness (QED) is 0.546. The molecule has 0 spiro atoms. The summed E-state index contributed by atoms with van der Waals surface area (Å²) in [6, 6.07) is 7.04. The first kappa shape index (κ1) is 21.9. The highest BCUT2D eigenvalue weighted by Gasteiger charge is 2.21. The molecular weight excluding hydrogens is 428 g/mol. The lowest BCUT2D eigenvalue weighted by Gasteiger charge is -2.17. The van der Waals surface area contributed by atoms with Gasteiger partial charge < -0.3 is 10.2 Å². The molecule has 0 saturated carbocycles. The van der Waals surface area contributed by atoms with Crippen molar-refractivity contribution in [1.29, 1.82) is 0 Å². The van der Waals surface area contributed by atoms with Crippen LogP contribution in [0.15, 0.2) is 39.6 Å². The second kappa shape index (κ2) is 8.92. The van der Waals surface area contributed by atoms with Gasteiger partial charge in [-0.05, 0) is 38.0 Å². The predicted octanol–water partition coefficient (Wildman–Crippen LogP) is 3.81. The lowest BCUT2D eigenvalue weighted by Crippen LogP contribution is -2.26. The molecule has 1 fully saturated rings. The highest BCUT2D eigenvalue weighted by Crippen LogP contribution is 2.29. The number of rotatable bonds is 5. The minimum Gasteiger partial charge on any atom is -0.362 e. The lowest BCUT2D eigenvalue weighted by atomic mass is 10.2.